The van der Waals surface area contributed by atoms with Gasteiger partial charge in [-0.05, 0) is 17.0 Å². The minimum atomic E-state index is 0.448. The molecule has 7 heteroatoms. The Morgan fingerprint density at radius 3 is 2.73 bits per heavy atom. The fourth-order valence-corrected chi connectivity index (χ4v) is 2.75. The molecule has 134 valence electrons. The number of nitrogens with zero attached hydrogens (tertiary/aromatic N) is 4. The van der Waals surface area contributed by atoms with E-state index < -0.39 is 0 Å². The number of aryl methyl sites for hydroxylation is 1. The monoisotopic (exact) mass is 349 g/mol. The first-order chi connectivity index (χ1) is 12.6. The van der Waals surface area contributed by atoms with Crippen molar-refractivity contribution < 1.29 is 0 Å². The Hall–Kier alpha value is -3.22. The summed E-state index contributed by atoms with van der Waals surface area (Å²) >= 11 is 0. The number of anilines is 3. The lowest BCUT2D eigenvalue weighted by Crippen LogP contribution is -2.09. The largest absolute Gasteiger partial charge is 0.365 e. The van der Waals surface area contributed by atoms with E-state index in [4.69, 9.17) is 5.41 Å². The summed E-state index contributed by atoms with van der Waals surface area (Å²) in [6, 6.07) is 8.36. The van der Waals surface area contributed by atoms with E-state index in [-0.39, 0.29) is 0 Å². The van der Waals surface area contributed by atoms with Crippen LogP contribution in [0.5, 0.6) is 0 Å². The van der Waals surface area contributed by atoms with Gasteiger partial charge in [0.05, 0.1) is 17.4 Å². The van der Waals surface area contributed by atoms with E-state index in [0.717, 1.165) is 5.69 Å². The molecule has 0 radical (unpaired) electrons. The second kappa shape index (κ2) is 7.77. The van der Waals surface area contributed by atoms with Crippen molar-refractivity contribution in [2.45, 2.75) is 26.3 Å². The Labute approximate surface area is 153 Å². The number of benzene rings is 1. The Kier molecular flexibility index (Phi) is 5.26. The van der Waals surface area contributed by atoms with Gasteiger partial charge in [0.25, 0.3) is 0 Å². The van der Waals surface area contributed by atoms with Gasteiger partial charge in [0.1, 0.15) is 5.82 Å². The Morgan fingerprint density at radius 1 is 1.23 bits per heavy atom. The van der Waals surface area contributed by atoms with Crippen LogP contribution in [0.15, 0.2) is 42.9 Å². The summed E-state index contributed by atoms with van der Waals surface area (Å²) in [5.41, 5.74) is 3.98. The standard InChI is InChI=1S/C19H23N7/c1-13(2)17-7-5-4-6-14(17)9-21-18-15(8-20)10-22-19(25-18)24-16-11-23-26(3)12-16/h4-8,10-13,20H,9H2,1-3H3,(H2,21,22,24,25). The molecular weight excluding hydrogens is 326 g/mol. The molecule has 2 aromatic heterocycles. The first-order valence-electron chi connectivity index (χ1n) is 8.51. The molecular formula is C19H23N7. The third kappa shape index (κ3) is 4.05. The van der Waals surface area contributed by atoms with Crippen LogP contribution in [-0.4, -0.2) is 26.0 Å². The Morgan fingerprint density at radius 2 is 2.04 bits per heavy atom. The molecule has 0 unspecified atom stereocenters. The molecule has 0 saturated carbocycles. The van der Waals surface area contributed by atoms with Crippen LogP contribution < -0.4 is 10.6 Å². The van der Waals surface area contributed by atoms with E-state index in [1.165, 1.54) is 17.3 Å². The SMILES string of the molecule is CC(C)c1ccccc1CNc1nc(Nc2cnn(C)c2)ncc1C=N. The lowest BCUT2D eigenvalue weighted by atomic mass is 9.97. The predicted octanol–water partition coefficient (Wildman–Crippen LogP) is 3.69. The molecule has 2 heterocycles. The molecule has 0 aliphatic heterocycles. The second-order valence-electron chi connectivity index (χ2n) is 6.38. The molecule has 1 aromatic carbocycles. The van der Waals surface area contributed by atoms with Crippen LogP contribution in [0.2, 0.25) is 0 Å². The van der Waals surface area contributed by atoms with Crippen molar-refractivity contribution in [3.63, 3.8) is 0 Å². The van der Waals surface area contributed by atoms with E-state index in [1.807, 2.05) is 19.3 Å². The molecule has 0 bridgehead atoms. The normalized spacial score (nSPS) is 10.8. The van der Waals surface area contributed by atoms with Gasteiger partial charge in [-0.2, -0.15) is 10.1 Å². The summed E-state index contributed by atoms with van der Waals surface area (Å²) in [7, 11) is 1.85. The van der Waals surface area contributed by atoms with Crippen LogP contribution in [0.3, 0.4) is 0 Å². The fraction of sp³-hybridized carbons (Fsp3) is 0.263. The molecule has 3 N–H and O–H groups in total. The summed E-state index contributed by atoms with van der Waals surface area (Å²) in [5, 5.41) is 18.2. The lowest BCUT2D eigenvalue weighted by molar-refractivity contribution is 0.768. The van der Waals surface area contributed by atoms with Crippen molar-refractivity contribution in [2.24, 2.45) is 7.05 Å². The van der Waals surface area contributed by atoms with Gasteiger partial charge in [-0.1, -0.05) is 38.1 Å². The van der Waals surface area contributed by atoms with Crippen molar-refractivity contribution in [1.82, 2.24) is 19.7 Å². The van der Waals surface area contributed by atoms with Gasteiger partial charge in [0.2, 0.25) is 5.95 Å². The highest BCUT2D eigenvalue weighted by molar-refractivity contribution is 5.84. The van der Waals surface area contributed by atoms with Crippen LogP contribution in [0, 0.1) is 5.41 Å². The van der Waals surface area contributed by atoms with Crippen LogP contribution >= 0.6 is 0 Å². The predicted molar refractivity (Wildman–Crippen MR) is 104 cm³/mol. The maximum Gasteiger partial charge on any atom is 0.229 e. The molecule has 3 aromatic rings. The molecule has 0 atom stereocenters. The molecule has 0 amide bonds. The molecule has 0 aliphatic rings. The Bertz CT molecular complexity index is 898. The summed E-state index contributed by atoms with van der Waals surface area (Å²) < 4.78 is 1.70. The van der Waals surface area contributed by atoms with Crippen LogP contribution in [0.1, 0.15) is 36.5 Å². The zero-order valence-electron chi connectivity index (χ0n) is 15.2. The van der Waals surface area contributed by atoms with Crippen LogP contribution in [0.25, 0.3) is 0 Å². The van der Waals surface area contributed by atoms with E-state index in [0.29, 0.717) is 29.8 Å². The summed E-state index contributed by atoms with van der Waals surface area (Å²) in [5.74, 6) is 1.53. The molecule has 0 fully saturated rings. The van der Waals surface area contributed by atoms with Gasteiger partial charge >= 0.3 is 0 Å². The van der Waals surface area contributed by atoms with Crippen molar-refractivity contribution >= 4 is 23.7 Å². The molecule has 0 aliphatic carbocycles. The summed E-state index contributed by atoms with van der Waals surface area (Å²) in [6.07, 6.45) is 6.44. The van der Waals surface area contributed by atoms with Crippen LogP contribution in [-0.2, 0) is 13.6 Å². The number of hydrogen-bond acceptors (Lipinski definition) is 6. The zero-order chi connectivity index (χ0) is 18.5. The van der Waals surface area contributed by atoms with E-state index >= 15 is 0 Å². The molecule has 0 saturated heterocycles. The average Bonchev–Trinajstić information content (AvgIpc) is 3.05. The van der Waals surface area contributed by atoms with Gasteiger partial charge in [-0.3, -0.25) is 4.68 Å². The highest BCUT2D eigenvalue weighted by Crippen LogP contribution is 2.21. The van der Waals surface area contributed by atoms with Crippen molar-refractivity contribution in [2.75, 3.05) is 10.6 Å². The second-order valence-corrected chi connectivity index (χ2v) is 6.38. The number of hydrogen-bond donors (Lipinski definition) is 3. The third-order valence-corrected chi connectivity index (χ3v) is 4.06. The fourth-order valence-electron chi connectivity index (χ4n) is 2.75. The topological polar surface area (TPSA) is 91.5 Å². The van der Waals surface area contributed by atoms with E-state index in [2.05, 4.69) is 57.7 Å². The zero-order valence-corrected chi connectivity index (χ0v) is 15.2. The van der Waals surface area contributed by atoms with Gasteiger partial charge in [-0.25, -0.2) is 4.98 Å². The highest BCUT2D eigenvalue weighted by atomic mass is 15.3. The highest BCUT2D eigenvalue weighted by Gasteiger charge is 2.09. The Balaban J connectivity index is 1.80. The first kappa shape index (κ1) is 17.6. The van der Waals surface area contributed by atoms with Crippen molar-refractivity contribution in [3.8, 4) is 0 Å². The number of rotatable bonds is 7. The van der Waals surface area contributed by atoms with Gasteiger partial charge in [0.15, 0.2) is 0 Å². The van der Waals surface area contributed by atoms with Crippen molar-refractivity contribution in [3.05, 3.63) is 59.5 Å². The van der Waals surface area contributed by atoms with Crippen molar-refractivity contribution in [1.29, 1.82) is 5.41 Å². The van der Waals surface area contributed by atoms with E-state index in [1.54, 1.807) is 17.1 Å². The summed E-state index contributed by atoms with van der Waals surface area (Å²) in [4.78, 5) is 8.78. The number of aromatic nitrogens is 4. The average molecular weight is 349 g/mol. The molecule has 26 heavy (non-hydrogen) atoms. The minimum absolute atomic E-state index is 0.448. The van der Waals surface area contributed by atoms with Gasteiger partial charge < -0.3 is 16.0 Å². The van der Waals surface area contributed by atoms with Gasteiger partial charge in [-0.15, -0.1) is 0 Å². The summed E-state index contributed by atoms with van der Waals surface area (Å²) in [6.45, 7) is 5.00. The first-order valence-corrected chi connectivity index (χ1v) is 8.51. The maximum atomic E-state index is 7.59. The molecule has 3 rings (SSSR count). The molecule has 0 spiro atoms. The molecule has 7 nitrogen and oxygen atoms in total. The number of nitrogens with one attached hydrogen (secondary N) is 3. The lowest BCUT2D eigenvalue weighted by Gasteiger charge is -2.15. The van der Waals surface area contributed by atoms with E-state index in [9.17, 15) is 0 Å². The third-order valence-electron chi connectivity index (χ3n) is 4.06. The smallest absolute Gasteiger partial charge is 0.229 e. The van der Waals surface area contributed by atoms with Gasteiger partial charge in [0, 0.05) is 32.2 Å². The maximum absolute atomic E-state index is 7.59. The van der Waals surface area contributed by atoms with Crippen LogP contribution in [0.4, 0.5) is 17.5 Å². The quantitative estimate of drug-likeness (QED) is 0.566. The minimum Gasteiger partial charge on any atom is -0.365 e.